The first-order valence-electron chi connectivity index (χ1n) is 6.12. The van der Waals surface area contributed by atoms with E-state index in [1.807, 2.05) is 30.3 Å². The number of hydrogen-bond acceptors (Lipinski definition) is 5. The minimum Gasteiger partial charge on any atom is -0.376 e. The number of epoxide rings is 1. The molecule has 1 heterocycles. The predicted molar refractivity (Wildman–Crippen MR) is 70.1 cm³/mol. The highest BCUT2D eigenvalue weighted by molar-refractivity contribution is 7.85. The van der Waals surface area contributed by atoms with Crippen LogP contribution in [0.5, 0.6) is 0 Å². The fourth-order valence-electron chi connectivity index (χ4n) is 1.70. The van der Waals surface area contributed by atoms with Crippen LogP contribution in [0.1, 0.15) is 5.56 Å². The van der Waals surface area contributed by atoms with Gasteiger partial charge in [-0.05, 0) is 5.56 Å². The summed E-state index contributed by atoms with van der Waals surface area (Å²) >= 11 is 0. The first-order valence-corrected chi connectivity index (χ1v) is 7.94. The normalized spacial score (nSPS) is 20.2. The monoisotopic (exact) mass is 286 g/mol. The van der Waals surface area contributed by atoms with Gasteiger partial charge in [0.1, 0.15) is 0 Å². The third kappa shape index (κ3) is 5.69. The molecule has 0 unspecified atom stereocenters. The highest BCUT2D eigenvalue weighted by Crippen LogP contribution is 2.22. The molecule has 1 aromatic rings. The molecule has 6 heteroatoms. The molecule has 1 aromatic carbocycles. The van der Waals surface area contributed by atoms with Crippen LogP contribution in [0.3, 0.4) is 0 Å². The first kappa shape index (κ1) is 14.5. The van der Waals surface area contributed by atoms with Gasteiger partial charge in [-0.1, -0.05) is 30.3 Å². The Labute approximate surface area is 113 Å². The summed E-state index contributed by atoms with van der Waals surface area (Å²) in [6, 6.07) is 9.81. The molecule has 0 aromatic heterocycles. The Morgan fingerprint density at radius 3 is 2.58 bits per heavy atom. The van der Waals surface area contributed by atoms with E-state index in [0.717, 1.165) is 11.8 Å². The van der Waals surface area contributed by atoms with Gasteiger partial charge in [-0.3, -0.25) is 4.18 Å². The van der Waals surface area contributed by atoms with Crippen LogP contribution >= 0.6 is 0 Å². The maximum absolute atomic E-state index is 11.0. The maximum Gasteiger partial charge on any atom is 0.264 e. The molecule has 0 N–H and O–H groups in total. The molecule has 2 atom stereocenters. The van der Waals surface area contributed by atoms with Crippen molar-refractivity contribution < 1.29 is 22.1 Å². The van der Waals surface area contributed by atoms with E-state index in [9.17, 15) is 8.42 Å². The summed E-state index contributed by atoms with van der Waals surface area (Å²) in [5.74, 6) is -0.0431. The summed E-state index contributed by atoms with van der Waals surface area (Å²) in [6.07, 6.45) is 1.10. The van der Waals surface area contributed by atoms with E-state index >= 15 is 0 Å². The van der Waals surface area contributed by atoms with Crippen molar-refractivity contribution in [2.24, 2.45) is 5.92 Å². The molecule has 1 fully saturated rings. The summed E-state index contributed by atoms with van der Waals surface area (Å²) in [5, 5.41) is 0. The van der Waals surface area contributed by atoms with E-state index in [1.54, 1.807) is 0 Å². The summed E-state index contributed by atoms with van der Waals surface area (Å²) < 4.78 is 37.5. The number of hydrogen-bond donors (Lipinski definition) is 0. The molecule has 1 saturated heterocycles. The summed E-state index contributed by atoms with van der Waals surface area (Å²) in [5.41, 5.74) is 1.09. The van der Waals surface area contributed by atoms with E-state index in [-0.39, 0.29) is 18.6 Å². The van der Waals surface area contributed by atoms with Crippen LogP contribution in [0.2, 0.25) is 0 Å². The van der Waals surface area contributed by atoms with Crippen LogP contribution < -0.4 is 0 Å². The maximum atomic E-state index is 11.0. The quantitative estimate of drug-likeness (QED) is 0.530. The Kier molecular flexibility index (Phi) is 4.93. The average molecular weight is 286 g/mol. The molecule has 1 aliphatic heterocycles. The highest BCUT2D eigenvalue weighted by atomic mass is 32.2. The van der Waals surface area contributed by atoms with Gasteiger partial charge >= 0.3 is 0 Å². The topological polar surface area (TPSA) is 65.1 Å². The van der Waals surface area contributed by atoms with Gasteiger partial charge in [0.2, 0.25) is 0 Å². The zero-order chi connectivity index (χ0) is 13.7. The lowest BCUT2D eigenvalue weighted by atomic mass is 10.1. The van der Waals surface area contributed by atoms with Gasteiger partial charge in [-0.15, -0.1) is 0 Å². The van der Waals surface area contributed by atoms with Crippen LogP contribution in [0.15, 0.2) is 30.3 Å². The molecule has 0 spiro atoms. The SMILES string of the molecule is CS(=O)(=O)OC[C@@H](COCc1ccccc1)[C@H]1CO1. The smallest absolute Gasteiger partial charge is 0.264 e. The van der Waals surface area contributed by atoms with Crippen LogP contribution in [0.25, 0.3) is 0 Å². The van der Waals surface area contributed by atoms with Gasteiger partial charge in [0.25, 0.3) is 10.1 Å². The second-order valence-electron chi connectivity index (χ2n) is 4.62. The van der Waals surface area contributed by atoms with Gasteiger partial charge in [-0.2, -0.15) is 8.42 Å². The van der Waals surface area contributed by atoms with Crippen LogP contribution in [-0.2, 0) is 30.4 Å². The molecule has 0 aliphatic carbocycles. The second-order valence-corrected chi connectivity index (χ2v) is 6.27. The summed E-state index contributed by atoms with van der Waals surface area (Å²) in [6.45, 7) is 1.68. The third-order valence-electron chi connectivity index (χ3n) is 2.82. The van der Waals surface area contributed by atoms with Crippen molar-refractivity contribution in [3.8, 4) is 0 Å². The third-order valence-corrected chi connectivity index (χ3v) is 3.39. The van der Waals surface area contributed by atoms with Gasteiger partial charge in [0, 0.05) is 5.92 Å². The Bertz CT molecular complexity index is 481. The molecule has 106 valence electrons. The Morgan fingerprint density at radius 2 is 2.00 bits per heavy atom. The van der Waals surface area contributed by atoms with Gasteiger partial charge in [0.05, 0.1) is 38.8 Å². The van der Waals surface area contributed by atoms with Crippen molar-refractivity contribution >= 4 is 10.1 Å². The summed E-state index contributed by atoms with van der Waals surface area (Å²) in [4.78, 5) is 0. The molecule has 1 aliphatic rings. The van der Waals surface area contributed by atoms with Crippen molar-refractivity contribution in [1.29, 1.82) is 0 Å². The first-order chi connectivity index (χ1) is 9.04. The van der Waals surface area contributed by atoms with Crippen molar-refractivity contribution in [2.75, 3.05) is 26.1 Å². The molecule has 19 heavy (non-hydrogen) atoms. The zero-order valence-electron chi connectivity index (χ0n) is 10.8. The zero-order valence-corrected chi connectivity index (χ0v) is 11.6. The lowest BCUT2D eigenvalue weighted by Gasteiger charge is -2.14. The van der Waals surface area contributed by atoms with Crippen molar-refractivity contribution in [2.45, 2.75) is 12.7 Å². The van der Waals surface area contributed by atoms with Gasteiger partial charge in [0.15, 0.2) is 0 Å². The van der Waals surface area contributed by atoms with Crippen LogP contribution in [0.4, 0.5) is 0 Å². The molecule has 2 rings (SSSR count). The van der Waals surface area contributed by atoms with E-state index in [1.165, 1.54) is 0 Å². The molecular formula is C13H18O5S. The molecule has 0 amide bonds. The van der Waals surface area contributed by atoms with Crippen LogP contribution in [0, 0.1) is 5.92 Å². The minimum absolute atomic E-state index is 0.0431. The van der Waals surface area contributed by atoms with Crippen molar-refractivity contribution in [3.05, 3.63) is 35.9 Å². The Balaban J connectivity index is 1.75. The summed E-state index contributed by atoms with van der Waals surface area (Å²) in [7, 11) is -3.41. The van der Waals surface area contributed by atoms with E-state index in [0.29, 0.717) is 19.8 Å². The largest absolute Gasteiger partial charge is 0.376 e. The minimum atomic E-state index is -3.41. The van der Waals surface area contributed by atoms with Crippen molar-refractivity contribution in [3.63, 3.8) is 0 Å². The Morgan fingerprint density at radius 1 is 1.32 bits per heavy atom. The van der Waals surface area contributed by atoms with Crippen LogP contribution in [-0.4, -0.2) is 40.6 Å². The fraction of sp³-hybridized carbons (Fsp3) is 0.538. The predicted octanol–water partition coefficient (Wildman–Crippen LogP) is 1.19. The van der Waals surface area contributed by atoms with Gasteiger partial charge in [-0.25, -0.2) is 0 Å². The molecular weight excluding hydrogens is 268 g/mol. The van der Waals surface area contributed by atoms with E-state index < -0.39 is 10.1 Å². The lowest BCUT2D eigenvalue weighted by Crippen LogP contribution is -2.23. The highest BCUT2D eigenvalue weighted by Gasteiger charge is 2.33. The Hall–Kier alpha value is -0.950. The van der Waals surface area contributed by atoms with E-state index in [2.05, 4.69) is 0 Å². The molecule has 0 bridgehead atoms. The van der Waals surface area contributed by atoms with Gasteiger partial charge < -0.3 is 9.47 Å². The lowest BCUT2D eigenvalue weighted by molar-refractivity contribution is 0.0576. The average Bonchev–Trinajstić information content (AvgIpc) is 3.18. The number of rotatable bonds is 8. The molecule has 0 radical (unpaired) electrons. The molecule has 0 saturated carbocycles. The standard InChI is InChI=1S/C13H18O5S/c1-19(14,15)18-9-12(13-10-17-13)8-16-7-11-5-3-2-4-6-11/h2-6,12-13H,7-10H2,1H3/t12-,13-/m1/s1. The number of benzene rings is 1. The van der Waals surface area contributed by atoms with E-state index in [4.69, 9.17) is 13.7 Å². The molecule has 5 nitrogen and oxygen atoms in total. The van der Waals surface area contributed by atoms with Crippen molar-refractivity contribution in [1.82, 2.24) is 0 Å². The fourth-order valence-corrected chi connectivity index (χ4v) is 2.13. The number of ether oxygens (including phenoxy) is 2. The second kappa shape index (κ2) is 6.47.